The summed E-state index contributed by atoms with van der Waals surface area (Å²) in [6, 6.07) is 3.67. The van der Waals surface area contributed by atoms with Crippen molar-refractivity contribution in [1.29, 1.82) is 0 Å². The van der Waals surface area contributed by atoms with Gasteiger partial charge in [-0.3, -0.25) is 0 Å². The van der Waals surface area contributed by atoms with Gasteiger partial charge in [0.15, 0.2) is 0 Å². The summed E-state index contributed by atoms with van der Waals surface area (Å²) in [6.07, 6.45) is 1.81. The highest BCUT2D eigenvalue weighted by atomic mass is 35.5. The Hall–Kier alpha value is -0.510. The minimum atomic E-state index is 0.0680. The molecule has 5 heteroatoms. The molecule has 0 aliphatic carbocycles. The fourth-order valence-electron chi connectivity index (χ4n) is 1.62. The molecular weight excluding hydrogens is 235 g/mol. The number of ether oxygens (including phenoxy) is 1. The van der Waals surface area contributed by atoms with E-state index in [0.29, 0.717) is 17.5 Å². The van der Waals surface area contributed by atoms with Crippen LogP contribution in [0.15, 0.2) is 18.3 Å². The number of hydrogen-bond acceptors (Lipinski definition) is 3. The van der Waals surface area contributed by atoms with Gasteiger partial charge in [-0.05, 0) is 12.1 Å². The van der Waals surface area contributed by atoms with Gasteiger partial charge < -0.3 is 9.64 Å². The summed E-state index contributed by atoms with van der Waals surface area (Å²) in [5, 5.41) is 0.674. The zero-order valence-electron chi connectivity index (χ0n) is 8.20. The van der Waals surface area contributed by atoms with Gasteiger partial charge in [0.05, 0.1) is 23.6 Å². The maximum atomic E-state index is 6.07. The Bertz CT molecular complexity index is 335. The van der Waals surface area contributed by atoms with Crippen molar-refractivity contribution in [3.05, 3.63) is 23.4 Å². The van der Waals surface area contributed by atoms with Crippen molar-refractivity contribution in [2.75, 3.05) is 30.5 Å². The molecule has 1 aliphatic rings. The molecule has 82 valence electrons. The molecule has 0 saturated carbocycles. The Kier molecular flexibility index (Phi) is 3.67. The molecule has 1 aromatic heterocycles. The van der Waals surface area contributed by atoms with Gasteiger partial charge in [0.2, 0.25) is 0 Å². The van der Waals surface area contributed by atoms with E-state index >= 15 is 0 Å². The lowest BCUT2D eigenvalue weighted by atomic mass is 10.3. The number of morpholine rings is 1. The van der Waals surface area contributed by atoms with Gasteiger partial charge in [0.1, 0.15) is 5.82 Å². The Labute approximate surface area is 98.9 Å². The van der Waals surface area contributed by atoms with Crippen LogP contribution in [0.4, 0.5) is 5.82 Å². The zero-order valence-corrected chi connectivity index (χ0v) is 9.71. The second-order valence-electron chi connectivity index (χ2n) is 3.40. The molecular formula is C10H12Cl2N2O. The monoisotopic (exact) mass is 246 g/mol. The molecule has 2 heterocycles. The third kappa shape index (κ3) is 2.54. The number of hydrogen-bond donors (Lipinski definition) is 0. The lowest BCUT2D eigenvalue weighted by Gasteiger charge is -2.33. The third-order valence-corrected chi connectivity index (χ3v) is 2.99. The summed E-state index contributed by atoms with van der Waals surface area (Å²) < 4.78 is 5.47. The molecule has 0 spiro atoms. The molecule has 2 rings (SSSR count). The van der Waals surface area contributed by atoms with Crippen molar-refractivity contribution in [2.24, 2.45) is 0 Å². The Morgan fingerprint density at radius 1 is 1.60 bits per heavy atom. The van der Waals surface area contributed by atoms with Crippen LogP contribution in [0.3, 0.4) is 0 Å². The summed E-state index contributed by atoms with van der Waals surface area (Å²) in [5.74, 6) is 1.32. The first kappa shape index (κ1) is 11.0. The summed E-state index contributed by atoms with van der Waals surface area (Å²) >= 11 is 11.8. The molecule has 15 heavy (non-hydrogen) atoms. The smallest absolute Gasteiger partial charge is 0.147 e. The van der Waals surface area contributed by atoms with Crippen molar-refractivity contribution in [2.45, 2.75) is 6.10 Å². The summed E-state index contributed by atoms with van der Waals surface area (Å²) in [5.41, 5.74) is 0. The maximum absolute atomic E-state index is 6.07. The quantitative estimate of drug-likeness (QED) is 0.749. The first-order chi connectivity index (χ1) is 7.31. The topological polar surface area (TPSA) is 25.4 Å². The summed E-state index contributed by atoms with van der Waals surface area (Å²) in [6.45, 7) is 2.23. The lowest BCUT2D eigenvalue weighted by Crippen LogP contribution is -2.43. The SMILES string of the molecule is ClCC1CN(c2ncccc2Cl)CCO1. The highest BCUT2D eigenvalue weighted by Gasteiger charge is 2.21. The lowest BCUT2D eigenvalue weighted by molar-refractivity contribution is 0.0552. The molecule has 0 N–H and O–H groups in total. The number of rotatable bonds is 2. The first-order valence-electron chi connectivity index (χ1n) is 4.84. The molecule has 0 bridgehead atoms. The van der Waals surface area contributed by atoms with E-state index in [0.717, 1.165) is 18.9 Å². The van der Waals surface area contributed by atoms with E-state index in [4.69, 9.17) is 27.9 Å². The largest absolute Gasteiger partial charge is 0.373 e. The van der Waals surface area contributed by atoms with E-state index < -0.39 is 0 Å². The molecule has 1 unspecified atom stereocenters. The van der Waals surface area contributed by atoms with Crippen LogP contribution in [-0.4, -0.2) is 36.7 Å². The van der Waals surface area contributed by atoms with Crippen LogP contribution in [0.2, 0.25) is 5.02 Å². The minimum absolute atomic E-state index is 0.0680. The highest BCUT2D eigenvalue weighted by Crippen LogP contribution is 2.24. The Balaban J connectivity index is 2.13. The Morgan fingerprint density at radius 2 is 2.47 bits per heavy atom. The molecule has 1 atom stereocenters. The van der Waals surface area contributed by atoms with Crippen LogP contribution < -0.4 is 4.90 Å². The standard InChI is InChI=1S/C10H12Cl2N2O/c11-6-8-7-14(4-5-15-8)10-9(12)2-1-3-13-10/h1-3,8H,4-7H2. The van der Waals surface area contributed by atoms with Gasteiger partial charge in [-0.25, -0.2) is 4.98 Å². The third-order valence-electron chi connectivity index (χ3n) is 2.35. The number of alkyl halides is 1. The van der Waals surface area contributed by atoms with Crippen molar-refractivity contribution >= 4 is 29.0 Å². The van der Waals surface area contributed by atoms with Gasteiger partial charge in [-0.1, -0.05) is 11.6 Å². The molecule has 3 nitrogen and oxygen atoms in total. The van der Waals surface area contributed by atoms with Gasteiger partial charge >= 0.3 is 0 Å². The number of nitrogens with zero attached hydrogens (tertiary/aromatic N) is 2. The van der Waals surface area contributed by atoms with Crippen molar-refractivity contribution < 1.29 is 4.74 Å². The fourth-order valence-corrected chi connectivity index (χ4v) is 2.04. The maximum Gasteiger partial charge on any atom is 0.147 e. The van der Waals surface area contributed by atoms with E-state index in [1.807, 2.05) is 12.1 Å². The predicted molar refractivity (Wildman–Crippen MR) is 61.9 cm³/mol. The highest BCUT2D eigenvalue weighted by molar-refractivity contribution is 6.32. The molecule has 0 radical (unpaired) electrons. The second-order valence-corrected chi connectivity index (χ2v) is 4.12. The molecule has 1 fully saturated rings. The van der Waals surface area contributed by atoms with Crippen LogP contribution in [0.25, 0.3) is 0 Å². The van der Waals surface area contributed by atoms with Crippen molar-refractivity contribution in [3.8, 4) is 0 Å². The van der Waals surface area contributed by atoms with Crippen LogP contribution >= 0.6 is 23.2 Å². The molecule has 1 saturated heterocycles. The van der Waals surface area contributed by atoms with Gasteiger partial charge in [0.25, 0.3) is 0 Å². The van der Waals surface area contributed by atoms with Gasteiger partial charge in [-0.2, -0.15) is 0 Å². The number of anilines is 1. The zero-order chi connectivity index (χ0) is 10.7. The van der Waals surface area contributed by atoms with Crippen molar-refractivity contribution in [1.82, 2.24) is 4.98 Å². The molecule has 0 aromatic carbocycles. The average Bonchev–Trinajstić information content (AvgIpc) is 2.30. The van der Waals surface area contributed by atoms with Crippen LogP contribution in [-0.2, 0) is 4.74 Å². The Morgan fingerprint density at radius 3 is 3.20 bits per heavy atom. The van der Waals surface area contributed by atoms with E-state index in [2.05, 4.69) is 9.88 Å². The molecule has 1 aliphatic heterocycles. The predicted octanol–water partition coefficient (Wildman–Crippen LogP) is 2.18. The molecule has 0 amide bonds. The normalized spacial score (nSPS) is 21.7. The van der Waals surface area contributed by atoms with Gasteiger partial charge in [0, 0.05) is 19.3 Å². The van der Waals surface area contributed by atoms with Gasteiger partial charge in [-0.15, -0.1) is 11.6 Å². The van der Waals surface area contributed by atoms with Crippen LogP contribution in [0.5, 0.6) is 0 Å². The fraction of sp³-hybridized carbons (Fsp3) is 0.500. The van der Waals surface area contributed by atoms with E-state index in [9.17, 15) is 0 Å². The number of halogens is 2. The van der Waals surface area contributed by atoms with Crippen molar-refractivity contribution in [3.63, 3.8) is 0 Å². The average molecular weight is 247 g/mol. The van der Waals surface area contributed by atoms with E-state index in [-0.39, 0.29) is 6.10 Å². The number of pyridine rings is 1. The second kappa shape index (κ2) is 5.01. The van der Waals surface area contributed by atoms with E-state index in [1.165, 1.54) is 0 Å². The molecule has 1 aromatic rings. The van der Waals surface area contributed by atoms with Crippen LogP contribution in [0.1, 0.15) is 0 Å². The summed E-state index contributed by atoms with van der Waals surface area (Å²) in [7, 11) is 0. The number of aromatic nitrogens is 1. The summed E-state index contributed by atoms with van der Waals surface area (Å²) in [4.78, 5) is 6.38. The first-order valence-corrected chi connectivity index (χ1v) is 5.75. The van der Waals surface area contributed by atoms with Crippen LogP contribution in [0, 0.1) is 0 Å². The van der Waals surface area contributed by atoms with E-state index in [1.54, 1.807) is 6.20 Å². The minimum Gasteiger partial charge on any atom is -0.373 e.